The number of allylic oxidation sites excluding steroid dienone is 1. The summed E-state index contributed by atoms with van der Waals surface area (Å²) in [6, 6.07) is 0. The van der Waals surface area contributed by atoms with Crippen LogP contribution in [0.2, 0.25) is 0 Å². The molecule has 0 rings (SSSR count). The van der Waals surface area contributed by atoms with E-state index in [1.165, 1.54) is 6.26 Å². The Labute approximate surface area is 54.8 Å². The van der Waals surface area contributed by atoms with Crippen molar-refractivity contribution >= 4 is 0 Å². The molecule has 0 unspecified atom stereocenters. The number of hydrogen-bond donors (Lipinski definition) is 1. The van der Waals surface area contributed by atoms with Gasteiger partial charge in [0.2, 0.25) is 0 Å². The van der Waals surface area contributed by atoms with E-state index in [4.69, 9.17) is 10.5 Å². The first-order valence-electron chi connectivity index (χ1n) is 2.49. The summed E-state index contributed by atoms with van der Waals surface area (Å²) < 4.78 is 9.33. The van der Waals surface area contributed by atoms with Gasteiger partial charge in [0.1, 0.15) is 0 Å². The third-order valence-corrected chi connectivity index (χ3v) is 0.564. The van der Waals surface area contributed by atoms with Crippen molar-refractivity contribution in [3.8, 4) is 0 Å². The molecule has 0 radical (unpaired) electrons. The van der Waals surface area contributed by atoms with Crippen molar-refractivity contribution in [2.24, 2.45) is 5.73 Å². The van der Waals surface area contributed by atoms with Crippen molar-refractivity contribution in [1.82, 2.24) is 0 Å². The lowest BCUT2D eigenvalue weighted by molar-refractivity contribution is 0.0199. The molecule has 0 aliphatic heterocycles. The second-order valence-corrected chi connectivity index (χ2v) is 1.45. The largest absolute Gasteiger partial charge is 0.475 e. The average molecular weight is 129 g/mol. The number of nitrogens with two attached hydrogens (primary N) is 1. The van der Waals surface area contributed by atoms with E-state index >= 15 is 0 Å². The van der Waals surface area contributed by atoms with Crippen LogP contribution >= 0.6 is 0 Å². The number of ether oxygens (including phenoxy) is 2. The Morgan fingerprint density at radius 2 is 2.44 bits per heavy atom. The summed E-state index contributed by atoms with van der Waals surface area (Å²) in [6.07, 6.45) is 2.99. The van der Waals surface area contributed by atoms with Crippen molar-refractivity contribution in [2.45, 2.75) is 0 Å². The van der Waals surface area contributed by atoms with Gasteiger partial charge in [0.25, 0.3) is 0 Å². The van der Waals surface area contributed by atoms with Crippen LogP contribution < -0.4 is 5.73 Å². The normalized spacial score (nSPS) is 9.89. The second-order valence-electron chi connectivity index (χ2n) is 1.45. The van der Waals surface area contributed by atoms with Crippen molar-refractivity contribution in [3.05, 3.63) is 24.6 Å². The highest BCUT2D eigenvalue weighted by Crippen LogP contribution is 1.82. The number of hydrogen-bond acceptors (Lipinski definition) is 3. The van der Waals surface area contributed by atoms with Crippen LogP contribution in [-0.4, -0.2) is 13.9 Å². The summed E-state index contributed by atoms with van der Waals surface area (Å²) >= 11 is 0. The zero-order valence-electron chi connectivity index (χ0n) is 5.46. The van der Waals surface area contributed by atoms with Gasteiger partial charge in [0.15, 0.2) is 6.79 Å². The predicted molar refractivity (Wildman–Crippen MR) is 35.4 cm³/mol. The minimum Gasteiger partial charge on any atom is -0.475 e. The molecular formula is C6H11NO2. The summed E-state index contributed by atoms with van der Waals surface area (Å²) in [5.41, 5.74) is 5.64. The lowest BCUT2D eigenvalue weighted by Crippen LogP contribution is -1.91. The first-order valence-corrected chi connectivity index (χ1v) is 2.49. The molecule has 0 aliphatic rings. The maximum atomic E-state index is 5.17. The van der Waals surface area contributed by atoms with E-state index in [9.17, 15) is 0 Å². The Balaban J connectivity index is 3.15. The van der Waals surface area contributed by atoms with E-state index in [2.05, 4.69) is 11.3 Å². The predicted octanol–water partition coefficient (Wildman–Crippen LogP) is 0.593. The van der Waals surface area contributed by atoms with Crippen LogP contribution in [-0.2, 0) is 9.47 Å². The summed E-state index contributed by atoms with van der Waals surface area (Å²) in [5.74, 6) is 0. The molecule has 52 valence electrons. The molecule has 9 heavy (non-hydrogen) atoms. The third kappa shape index (κ3) is 7.04. The molecule has 0 spiro atoms. The topological polar surface area (TPSA) is 44.5 Å². The van der Waals surface area contributed by atoms with Crippen LogP contribution in [0.1, 0.15) is 0 Å². The molecule has 0 amide bonds. The van der Waals surface area contributed by atoms with Crippen LogP contribution in [0.25, 0.3) is 0 Å². The second kappa shape index (κ2) is 5.18. The van der Waals surface area contributed by atoms with Gasteiger partial charge >= 0.3 is 0 Å². The highest BCUT2D eigenvalue weighted by Gasteiger charge is 1.74. The molecular weight excluding hydrogens is 118 g/mol. The van der Waals surface area contributed by atoms with Gasteiger partial charge in [-0.25, -0.2) is 0 Å². The van der Waals surface area contributed by atoms with Crippen LogP contribution in [0.4, 0.5) is 0 Å². The summed E-state index contributed by atoms with van der Waals surface area (Å²) in [6.45, 7) is 3.66. The van der Waals surface area contributed by atoms with E-state index in [-0.39, 0.29) is 6.79 Å². The van der Waals surface area contributed by atoms with E-state index in [0.717, 1.165) is 0 Å². The monoisotopic (exact) mass is 129 g/mol. The average Bonchev–Trinajstić information content (AvgIpc) is 1.80. The first kappa shape index (κ1) is 8.04. The van der Waals surface area contributed by atoms with Crippen molar-refractivity contribution in [3.63, 3.8) is 0 Å². The highest BCUT2D eigenvalue weighted by atomic mass is 16.7. The molecule has 3 nitrogen and oxygen atoms in total. The minimum absolute atomic E-state index is 0.240. The molecule has 0 saturated heterocycles. The number of rotatable bonds is 4. The molecule has 0 aromatic carbocycles. The molecule has 0 heterocycles. The van der Waals surface area contributed by atoms with Crippen LogP contribution in [0.3, 0.4) is 0 Å². The zero-order chi connectivity index (χ0) is 7.11. The molecule has 0 atom stereocenters. The zero-order valence-corrected chi connectivity index (χ0v) is 5.46. The van der Waals surface area contributed by atoms with Crippen LogP contribution in [0.5, 0.6) is 0 Å². The van der Waals surface area contributed by atoms with Gasteiger partial charge in [-0.15, -0.1) is 0 Å². The Morgan fingerprint density at radius 3 is 2.89 bits per heavy atom. The minimum atomic E-state index is 0.240. The fourth-order valence-corrected chi connectivity index (χ4v) is 0.243. The van der Waals surface area contributed by atoms with Crippen LogP contribution in [0, 0.1) is 0 Å². The smallest absolute Gasteiger partial charge is 0.187 e. The summed E-state index contributed by atoms with van der Waals surface area (Å²) in [5, 5.41) is 0. The molecule has 0 bridgehead atoms. The van der Waals surface area contributed by atoms with E-state index in [0.29, 0.717) is 5.70 Å². The quantitative estimate of drug-likeness (QED) is 0.261. The third-order valence-electron chi connectivity index (χ3n) is 0.564. The Hall–Kier alpha value is -0.960. The van der Waals surface area contributed by atoms with Gasteiger partial charge in [0.05, 0.1) is 6.26 Å². The van der Waals surface area contributed by atoms with E-state index in [1.807, 2.05) is 0 Å². The Morgan fingerprint density at radius 1 is 1.78 bits per heavy atom. The van der Waals surface area contributed by atoms with E-state index < -0.39 is 0 Å². The van der Waals surface area contributed by atoms with Gasteiger partial charge in [-0.3, -0.25) is 0 Å². The summed E-state index contributed by atoms with van der Waals surface area (Å²) in [4.78, 5) is 0. The van der Waals surface area contributed by atoms with Crippen molar-refractivity contribution in [2.75, 3.05) is 13.9 Å². The first-order chi connectivity index (χ1) is 4.27. The van der Waals surface area contributed by atoms with Gasteiger partial charge in [-0.1, -0.05) is 6.58 Å². The molecule has 2 N–H and O–H groups in total. The molecule has 3 heteroatoms. The maximum Gasteiger partial charge on any atom is 0.187 e. The van der Waals surface area contributed by atoms with Gasteiger partial charge in [0, 0.05) is 12.8 Å². The number of methoxy groups -OCH3 is 1. The molecule has 0 fully saturated rings. The van der Waals surface area contributed by atoms with Crippen molar-refractivity contribution in [1.29, 1.82) is 0 Å². The SMILES string of the molecule is C=C(N)/C=C/OCOC. The highest BCUT2D eigenvalue weighted by molar-refractivity contribution is 5.06. The van der Waals surface area contributed by atoms with Crippen molar-refractivity contribution < 1.29 is 9.47 Å². The lowest BCUT2D eigenvalue weighted by atomic mass is 10.5. The molecule has 0 aromatic heterocycles. The Bertz CT molecular complexity index is 110. The molecule has 0 saturated carbocycles. The van der Waals surface area contributed by atoms with Gasteiger partial charge in [-0.05, 0) is 6.08 Å². The van der Waals surface area contributed by atoms with E-state index in [1.54, 1.807) is 13.2 Å². The summed E-state index contributed by atoms with van der Waals surface area (Å²) in [7, 11) is 1.55. The molecule has 0 aliphatic carbocycles. The standard InChI is InChI=1S/C6H11NO2/c1-6(7)3-4-9-5-8-2/h3-4H,1,5,7H2,2H3/b4-3+. The Kier molecular flexibility index (Phi) is 4.63. The fourth-order valence-electron chi connectivity index (χ4n) is 0.243. The van der Waals surface area contributed by atoms with Gasteiger partial charge in [-0.2, -0.15) is 0 Å². The lowest BCUT2D eigenvalue weighted by Gasteiger charge is -1.95. The molecule has 0 aromatic rings. The van der Waals surface area contributed by atoms with Gasteiger partial charge < -0.3 is 15.2 Å². The maximum absolute atomic E-state index is 5.17. The van der Waals surface area contributed by atoms with Crippen LogP contribution in [0.15, 0.2) is 24.6 Å². The fraction of sp³-hybridized carbons (Fsp3) is 0.333.